The van der Waals surface area contributed by atoms with Crippen molar-refractivity contribution < 1.29 is 39.5 Å². The normalized spacial score (nSPS) is 9.18. The minimum atomic E-state index is -0.562. The van der Waals surface area contributed by atoms with E-state index < -0.39 is 24.0 Å². The van der Waals surface area contributed by atoms with Gasteiger partial charge in [-0.2, -0.15) is 0 Å². The van der Waals surface area contributed by atoms with Gasteiger partial charge in [-0.05, 0) is 0 Å². The predicted octanol–water partition coefficient (Wildman–Crippen LogP) is -3.13. The van der Waals surface area contributed by atoms with Gasteiger partial charge in [-0.25, -0.2) is 0 Å². The molecule has 0 spiro atoms. The van der Waals surface area contributed by atoms with Gasteiger partial charge in [-0.1, -0.05) is 0 Å². The SMILES string of the molecule is CC(=O)NC(CO)CO.CC(=O)OC(C)=O.NC(CO)CO. The summed E-state index contributed by atoms with van der Waals surface area (Å²) in [6.07, 6.45) is 0. The molecule has 0 aromatic rings. The maximum Gasteiger partial charge on any atom is 0.310 e. The highest BCUT2D eigenvalue weighted by molar-refractivity contribution is 5.82. The molecule has 10 nitrogen and oxygen atoms in total. The van der Waals surface area contributed by atoms with E-state index in [4.69, 9.17) is 26.2 Å². The summed E-state index contributed by atoms with van der Waals surface area (Å²) in [4.78, 5) is 29.9. The molecule has 0 fully saturated rings. The van der Waals surface area contributed by atoms with E-state index in [1.54, 1.807) is 0 Å². The van der Waals surface area contributed by atoms with Crippen LogP contribution in [0.2, 0.25) is 0 Å². The third-order valence-corrected chi connectivity index (χ3v) is 1.60. The van der Waals surface area contributed by atoms with E-state index in [-0.39, 0.29) is 32.3 Å². The van der Waals surface area contributed by atoms with Crippen LogP contribution in [0, 0.1) is 0 Å². The second kappa shape index (κ2) is 17.5. The fraction of sp³-hybridized carbons (Fsp3) is 0.750. The van der Waals surface area contributed by atoms with Crippen molar-refractivity contribution in [3.05, 3.63) is 0 Å². The van der Waals surface area contributed by atoms with E-state index >= 15 is 0 Å². The first-order chi connectivity index (χ1) is 10.1. The first kappa shape index (κ1) is 25.4. The number of nitrogens with one attached hydrogen (secondary N) is 1. The van der Waals surface area contributed by atoms with Crippen molar-refractivity contribution in [3.8, 4) is 0 Å². The van der Waals surface area contributed by atoms with E-state index in [1.807, 2.05) is 0 Å². The number of hydrogen-bond donors (Lipinski definition) is 6. The summed E-state index contributed by atoms with van der Waals surface area (Å²) in [7, 11) is 0. The predicted molar refractivity (Wildman–Crippen MR) is 76.4 cm³/mol. The van der Waals surface area contributed by atoms with Crippen LogP contribution in [0.25, 0.3) is 0 Å². The monoisotopic (exact) mass is 326 g/mol. The molecule has 0 saturated carbocycles. The third-order valence-electron chi connectivity index (χ3n) is 1.60. The van der Waals surface area contributed by atoms with Gasteiger partial charge < -0.3 is 36.2 Å². The number of carbonyl (C=O) groups excluding carboxylic acids is 3. The first-order valence-corrected chi connectivity index (χ1v) is 6.29. The van der Waals surface area contributed by atoms with Crippen LogP contribution in [0.15, 0.2) is 0 Å². The summed E-state index contributed by atoms with van der Waals surface area (Å²) >= 11 is 0. The molecule has 0 aliphatic carbocycles. The molecule has 0 heterocycles. The molecule has 0 rings (SSSR count). The van der Waals surface area contributed by atoms with Crippen molar-refractivity contribution >= 4 is 17.8 Å². The van der Waals surface area contributed by atoms with E-state index in [9.17, 15) is 14.4 Å². The van der Waals surface area contributed by atoms with E-state index in [0.717, 1.165) is 0 Å². The molecule has 0 unspecified atom stereocenters. The average Bonchev–Trinajstić information content (AvgIpc) is 2.43. The quantitative estimate of drug-likeness (QED) is 0.225. The van der Waals surface area contributed by atoms with E-state index in [2.05, 4.69) is 10.1 Å². The lowest BCUT2D eigenvalue weighted by atomic mass is 10.3. The summed E-state index contributed by atoms with van der Waals surface area (Å²) < 4.78 is 3.97. The van der Waals surface area contributed by atoms with E-state index in [1.165, 1.54) is 20.8 Å². The summed E-state index contributed by atoms with van der Waals surface area (Å²) in [5.74, 6) is -1.37. The van der Waals surface area contributed by atoms with Gasteiger partial charge in [0, 0.05) is 20.8 Å². The Balaban J connectivity index is -0.000000252. The molecule has 0 saturated heterocycles. The van der Waals surface area contributed by atoms with Gasteiger partial charge >= 0.3 is 11.9 Å². The minimum absolute atomic E-state index is 0.142. The van der Waals surface area contributed by atoms with Crippen molar-refractivity contribution in [2.24, 2.45) is 5.73 Å². The number of aliphatic hydroxyl groups is 4. The molecule has 0 bridgehead atoms. The lowest BCUT2D eigenvalue weighted by molar-refractivity contribution is -0.156. The number of hydrogen-bond acceptors (Lipinski definition) is 9. The standard InChI is InChI=1S/C5H11NO3.C4H6O3.C3H9NO2/c1-4(9)6-5(2-7)3-8;1-3(5)7-4(2)6;4-3(1-5)2-6/h5,7-8H,2-3H2,1H3,(H,6,9);1-2H3;3,5-6H,1-2,4H2. The zero-order valence-electron chi connectivity index (χ0n) is 13.0. The van der Waals surface area contributed by atoms with Gasteiger partial charge in [-0.3, -0.25) is 14.4 Å². The fourth-order valence-corrected chi connectivity index (χ4v) is 0.697. The lowest BCUT2D eigenvalue weighted by Gasteiger charge is -2.10. The smallest absolute Gasteiger partial charge is 0.310 e. The van der Waals surface area contributed by atoms with Crippen LogP contribution < -0.4 is 11.1 Å². The molecule has 22 heavy (non-hydrogen) atoms. The van der Waals surface area contributed by atoms with Crippen molar-refractivity contribution in [2.75, 3.05) is 26.4 Å². The Morgan fingerprint density at radius 2 is 1.27 bits per heavy atom. The minimum Gasteiger partial charge on any atom is -0.395 e. The Labute approximate surface area is 128 Å². The van der Waals surface area contributed by atoms with Crippen molar-refractivity contribution in [1.82, 2.24) is 5.32 Å². The topological polar surface area (TPSA) is 179 Å². The summed E-state index contributed by atoms with van der Waals surface area (Å²) in [6, 6.07) is -0.965. The molecule has 0 aliphatic rings. The van der Waals surface area contributed by atoms with Crippen LogP contribution in [0.4, 0.5) is 0 Å². The molecule has 7 N–H and O–H groups in total. The van der Waals surface area contributed by atoms with Crippen molar-refractivity contribution in [2.45, 2.75) is 32.9 Å². The maximum atomic E-state index is 10.2. The molecule has 0 aromatic carbocycles. The highest BCUT2D eigenvalue weighted by Gasteiger charge is 2.04. The second-order valence-electron chi connectivity index (χ2n) is 3.97. The van der Waals surface area contributed by atoms with Gasteiger partial charge in [-0.15, -0.1) is 0 Å². The second-order valence-corrected chi connectivity index (χ2v) is 3.97. The van der Waals surface area contributed by atoms with Crippen molar-refractivity contribution in [1.29, 1.82) is 0 Å². The van der Waals surface area contributed by atoms with Gasteiger partial charge in [0.05, 0.1) is 38.5 Å². The molecule has 0 aliphatic heterocycles. The average molecular weight is 326 g/mol. The van der Waals surface area contributed by atoms with Gasteiger partial charge in [0.1, 0.15) is 0 Å². The summed E-state index contributed by atoms with van der Waals surface area (Å²) in [6.45, 7) is 2.96. The van der Waals surface area contributed by atoms with E-state index in [0.29, 0.717) is 0 Å². The summed E-state index contributed by atoms with van der Waals surface area (Å²) in [5.41, 5.74) is 4.97. The van der Waals surface area contributed by atoms with Crippen molar-refractivity contribution in [3.63, 3.8) is 0 Å². The van der Waals surface area contributed by atoms with Crippen LogP contribution in [-0.4, -0.2) is 76.8 Å². The van der Waals surface area contributed by atoms with Gasteiger partial charge in [0.25, 0.3) is 0 Å². The molecule has 132 valence electrons. The number of nitrogens with two attached hydrogens (primary N) is 1. The number of amides is 1. The fourth-order valence-electron chi connectivity index (χ4n) is 0.697. The zero-order valence-corrected chi connectivity index (χ0v) is 13.0. The first-order valence-electron chi connectivity index (χ1n) is 6.29. The summed E-state index contributed by atoms with van der Waals surface area (Å²) in [5, 5.41) is 35.2. The highest BCUT2D eigenvalue weighted by Crippen LogP contribution is 1.77. The third kappa shape index (κ3) is 26.9. The lowest BCUT2D eigenvalue weighted by Crippen LogP contribution is -2.38. The van der Waals surface area contributed by atoms with Crippen LogP contribution >= 0.6 is 0 Å². The number of esters is 2. The Morgan fingerprint density at radius 1 is 0.909 bits per heavy atom. The Kier molecular flexibility index (Phi) is 20.1. The van der Waals surface area contributed by atoms with Crippen LogP contribution in [-0.2, 0) is 19.1 Å². The van der Waals surface area contributed by atoms with Gasteiger partial charge in [0.15, 0.2) is 0 Å². The molecular formula is C12H26N2O8. The zero-order chi connectivity index (χ0) is 18.1. The highest BCUT2D eigenvalue weighted by atomic mass is 16.6. The Hall–Kier alpha value is -1.59. The molecule has 0 radical (unpaired) electrons. The van der Waals surface area contributed by atoms with Crippen LogP contribution in [0.3, 0.4) is 0 Å². The number of aliphatic hydroxyl groups excluding tert-OH is 4. The number of ether oxygens (including phenoxy) is 1. The van der Waals surface area contributed by atoms with Crippen LogP contribution in [0.5, 0.6) is 0 Å². The maximum absolute atomic E-state index is 10.2. The molecule has 0 aromatic heterocycles. The van der Waals surface area contributed by atoms with Gasteiger partial charge in [0.2, 0.25) is 5.91 Å². The Bertz CT molecular complexity index is 292. The Morgan fingerprint density at radius 3 is 1.32 bits per heavy atom. The molecule has 0 atom stereocenters. The largest absolute Gasteiger partial charge is 0.395 e. The molecular weight excluding hydrogens is 300 g/mol. The molecule has 10 heteroatoms. The molecule has 1 amide bonds. The number of carbonyl (C=O) groups is 3. The number of rotatable bonds is 5. The van der Waals surface area contributed by atoms with Crippen LogP contribution in [0.1, 0.15) is 20.8 Å².